The summed E-state index contributed by atoms with van der Waals surface area (Å²) in [6.07, 6.45) is -5.44. The Morgan fingerprint density at radius 2 is 2.06 bits per heavy atom. The van der Waals surface area contributed by atoms with Crippen LogP contribution in [0.2, 0.25) is 5.02 Å². The summed E-state index contributed by atoms with van der Waals surface area (Å²) in [5.41, 5.74) is -0.0887. The van der Waals surface area contributed by atoms with Gasteiger partial charge in [-0.25, -0.2) is 0 Å². The molecule has 0 fully saturated rings. The Morgan fingerprint density at radius 3 is 2.56 bits per heavy atom. The molecule has 0 spiro atoms. The number of alkyl halides is 3. The largest absolute Gasteiger partial charge is 0.573 e. The van der Waals surface area contributed by atoms with Crippen molar-refractivity contribution in [1.29, 1.82) is 0 Å². The van der Waals surface area contributed by atoms with Crippen LogP contribution < -0.4 is 4.74 Å². The lowest BCUT2D eigenvalue weighted by Crippen LogP contribution is -2.18. The number of hydrogen-bond acceptors (Lipinski definition) is 2. The predicted octanol–water partition coefficient (Wildman–Crippen LogP) is 2.87. The molecule has 0 atom stereocenters. The number of ether oxygens (including phenoxy) is 1. The van der Waals surface area contributed by atoms with Gasteiger partial charge in [0.15, 0.2) is 0 Å². The topological polar surface area (TPSA) is 46.5 Å². The SMILES string of the molecule is O=C(O)Cc1ccc(Cl)cc1OC(F)(F)F. The van der Waals surface area contributed by atoms with Gasteiger partial charge in [0.25, 0.3) is 0 Å². The van der Waals surface area contributed by atoms with Crippen molar-refractivity contribution in [3.05, 3.63) is 28.8 Å². The molecule has 7 heteroatoms. The number of benzene rings is 1. The Morgan fingerprint density at radius 1 is 1.44 bits per heavy atom. The molecule has 0 aliphatic heterocycles. The van der Waals surface area contributed by atoms with Gasteiger partial charge in [0.1, 0.15) is 5.75 Å². The quantitative estimate of drug-likeness (QED) is 0.902. The van der Waals surface area contributed by atoms with Gasteiger partial charge in [-0.05, 0) is 12.1 Å². The van der Waals surface area contributed by atoms with Crippen molar-refractivity contribution in [2.24, 2.45) is 0 Å². The van der Waals surface area contributed by atoms with Crippen molar-refractivity contribution in [1.82, 2.24) is 0 Å². The van der Waals surface area contributed by atoms with E-state index in [1.54, 1.807) is 0 Å². The van der Waals surface area contributed by atoms with Crippen molar-refractivity contribution >= 4 is 17.6 Å². The van der Waals surface area contributed by atoms with E-state index in [4.69, 9.17) is 16.7 Å². The van der Waals surface area contributed by atoms with E-state index in [0.717, 1.165) is 6.07 Å². The number of halogens is 4. The standard InChI is InChI=1S/C9H6ClF3O3/c10-6-2-1-5(3-8(14)15)7(4-6)16-9(11,12)13/h1-2,4H,3H2,(H,14,15). The first-order valence-electron chi connectivity index (χ1n) is 4.04. The van der Waals surface area contributed by atoms with Crippen molar-refractivity contribution < 1.29 is 27.8 Å². The summed E-state index contributed by atoms with van der Waals surface area (Å²) in [4.78, 5) is 10.4. The third-order valence-electron chi connectivity index (χ3n) is 1.60. The molecule has 0 radical (unpaired) electrons. The second-order valence-electron chi connectivity index (χ2n) is 2.87. The van der Waals surface area contributed by atoms with E-state index < -0.39 is 24.5 Å². The van der Waals surface area contributed by atoms with Crippen LogP contribution >= 0.6 is 11.6 Å². The number of rotatable bonds is 3. The summed E-state index contributed by atoms with van der Waals surface area (Å²) in [7, 11) is 0. The van der Waals surface area contributed by atoms with Crippen molar-refractivity contribution in [2.45, 2.75) is 12.8 Å². The van der Waals surface area contributed by atoms with E-state index in [1.807, 2.05) is 0 Å². The molecule has 1 aromatic rings. The lowest BCUT2D eigenvalue weighted by atomic mass is 10.1. The zero-order valence-electron chi connectivity index (χ0n) is 7.71. The first-order valence-corrected chi connectivity index (χ1v) is 4.42. The Bertz CT molecular complexity index is 403. The average molecular weight is 255 g/mol. The highest BCUT2D eigenvalue weighted by atomic mass is 35.5. The molecule has 0 saturated carbocycles. The third-order valence-corrected chi connectivity index (χ3v) is 1.83. The van der Waals surface area contributed by atoms with Crippen LogP contribution in [0.5, 0.6) is 5.75 Å². The summed E-state index contributed by atoms with van der Waals surface area (Å²) in [6.45, 7) is 0. The highest BCUT2D eigenvalue weighted by molar-refractivity contribution is 6.30. The Kier molecular flexibility index (Phi) is 3.64. The molecule has 16 heavy (non-hydrogen) atoms. The maximum Gasteiger partial charge on any atom is 0.573 e. The molecule has 3 nitrogen and oxygen atoms in total. The van der Waals surface area contributed by atoms with Crippen LogP contribution in [0, 0.1) is 0 Å². The lowest BCUT2D eigenvalue weighted by Gasteiger charge is -2.12. The van der Waals surface area contributed by atoms with Crippen LogP contribution in [0.25, 0.3) is 0 Å². The zero-order chi connectivity index (χ0) is 12.3. The fraction of sp³-hybridized carbons (Fsp3) is 0.222. The van der Waals surface area contributed by atoms with Gasteiger partial charge in [0.2, 0.25) is 0 Å². The first kappa shape index (κ1) is 12.6. The van der Waals surface area contributed by atoms with E-state index in [2.05, 4.69) is 4.74 Å². The molecule has 0 aromatic heterocycles. The van der Waals surface area contributed by atoms with E-state index in [1.165, 1.54) is 12.1 Å². The van der Waals surface area contributed by atoms with Gasteiger partial charge in [0, 0.05) is 10.6 Å². The molecule has 1 N–H and O–H groups in total. The minimum absolute atomic E-state index is 0.0355. The molecule has 0 aliphatic rings. The van der Waals surface area contributed by atoms with Crippen molar-refractivity contribution in [3.63, 3.8) is 0 Å². The fourth-order valence-corrected chi connectivity index (χ4v) is 1.22. The van der Waals surface area contributed by atoms with Crippen LogP contribution in [0.3, 0.4) is 0 Å². The first-order chi connectivity index (χ1) is 7.28. The van der Waals surface area contributed by atoms with Crippen molar-refractivity contribution in [3.8, 4) is 5.75 Å². The maximum atomic E-state index is 12.0. The van der Waals surface area contributed by atoms with Gasteiger partial charge in [-0.1, -0.05) is 17.7 Å². The Labute approximate surface area is 93.4 Å². The Hall–Kier alpha value is -1.43. The van der Waals surface area contributed by atoms with Gasteiger partial charge < -0.3 is 9.84 Å². The highest BCUT2D eigenvalue weighted by Gasteiger charge is 2.32. The van der Waals surface area contributed by atoms with Gasteiger partial charge in [-0.15, -0.1) is 13.2 Å². The smallest absolute Gasteiger partial charge is 0.481 e. The molecule has 0 bridgehead atoms. The van der Waals surface area contributed by atoms with Crippen LogP contribution in [0.15, 0.2) is 18.2 Å². The summed E-state index contributed by atoms with van der Waals surface area (Å²) in [5.74, 6) is -1.85. The molecule has 0 saturated heterocycles. The monoisotopic (exact) mass is 254 g/mol. The molecule has 1 aromatic carbocycles. The molecule has 0 amide bonds. The average Bonchev–Trinajstić information content (AvgIpc) is 2.06. The third kappa shape index (κ3) is 3.98. The predicted molar refractivity (Wildman–Crippen MR) is 49.5 cm³/mol. The molecule has 0 aliphatic carbocycles. The zero-order valence-corrected chi connectivity index (χ0v) is 8.47. The van der Waals surface area contributed by atoms with Gasteiger partial charge >= 0.3 is 12.3 Å². The number of hydrogen-bond donors (Lipinski definition) is 1. The normalized spacial score (nSPS) is 11.2. The second-order valence-corrected chi connectivity index (χ2v) is 3.31. The molecule has 1 rings (SSSR count). The van der Waals surface area contributed by atoms with E-state index in [-0.39, 0.29) is 10.6 Å². The second kappa shape index (κ2) is 4.61. The molecular formula is C9H6ClF3O3. The van der Waals surface area contributed by atoms with Crippen LogP contribution in [-0.2, 0) is 11.2 Å². The van der Waals surface area contributed by atoms with E-state index >= 15 is 0 Å². The minimum Gasteiger partial charge on any atom is -0.481 e. The summed E-state index contributed by atoms with van der Waals surface area (Å²) < 4.78 is 39.6. The fourth-order valence-electron chi connectivity index (χ4n) is 1.06. The molecule has 88 valence electrons. The van der Waals surface area contributed by atoms with Gasteiger partial charge in [-0.2, -0.15) is 0 Å². The van der Waals surface area contributed by atoms with Crippen LogP contribution in [-0.4, -0.2) is 17.4 Å². The highest BCUT2D eigenvalue weighted by Crippen LogP contribution is 2.29. The van der Waals surface area contributed by atoms with Crippen molar-refractivity contribution in [2.75, 3.05) is 0 Å². The minimum atomic E-state index is -4.88. The molecule has 0 unspecified atom stereocenters. The Balaban J connectivity index is 3.03. The number of carboxylic acids is 1. The number of carbonyl (C=O) groups is 1. The van der Waals surface area contributed by atoms with Gasteiger partial charge in [0.05, 0.1) is 6.42 Å². The number of aliphatic carboxylic acids is 1. The van der Waals surface area contributed by atoms with Crippen LogP contribution in [0.4, 0.5) is 13.2 Å². The maximum absolute atomic E-state index is 12.0. The van der Waals surface area contributed by atoms with E-state index in [0.29, 0.717) is 0 Å². The summed E-state index contributed by atoms with van der Waals surface area (Å²) >= 11 is 5.49. The summed E-state index contributed by atoms with van der Waals surface area (Å²) in [5, 5.41) is 8.52. The van der Waals surface area contributed by atoms with Crippen LogP contribution in [0.1, 0.15) is 5.56 Å². The van der Waals surface area contributed by atoms with Gasteiger partial charge in [-0.3, -0.25) is 4.79 Å². The summed E-state index contributed by atoms with van der Waals surface area (Å²) in [6, 6.07) is 3.40. The molecule has 0 heterocycles. The lowest BCUT2D eigenvalue weighted by molar-refractivity contribution is -0.274. The molecular weight excluding hydrogens is 249 g/mol. The van der Waals surface area contributed by atoms with E-state index in [9.17, 15) is 18.0 Å². The number of carboxylic acid groups (broad SMARTS) is 1.